The molecule has 7 nitrogen and oxygen atoms in total. The molecule has 200 valence electrons. The highest BCUT2D eigenvalue weighted by Gasteiger charge is 2.33. The number of pyridine rings is 1. The standard InChI is InChI=1S/C33H29N3O4/c1-21-26(24-9-10-30-31(17-24)40-16-15-39-30)3-2-4-27(21)25-11-14-36-29(19-34-32(36)18-25)23-7-5-22(6-8-23)20-35-13-12-28(35)33(37)38/h2-11,14,17-19,28H,12-13,15-16,20H2,1H3,(H,37,38)/t28-/m0/s1. The molecule has 2 aromatic heterocycles. The number of nitrogens with zero attached hydrogens (tertiary/aromatic N) is 3. The van der Waals surface area contributed by atoms with Gasteiger partial charge >= 0.3 is 5.97 Å². The summed E-state index contributed by atoms with van der Waals surface area (Å²) in [6.07, 6.45) is 4.70. The van der Waals surface area contributed by atoms with Gasteiger partial charge in [-0.05, 0) is 71.0 Å². The molecule has 2 aliphatic heterocycles. The molecule has 0 spiro atoms. The minimum absolute atomic E-state index is 0.362. The van der Waals surface area contributed by atoms with Crippen molar-refractivity contribution >= 4 is 11.6 Å². The SMILES string of the molecule is Cc1c(-c2ccc3c(c2)OCCO3)cccc1-c1ccn2c(-c3ccc(CN4CC[C@H]4C(=O)O)cc3)cnc2c1. The Morgan fingerprint density at radius 1 is 0.925 bits per heavy atom. The molecule has 4 heterocycles. The van der Waals surface area contributed by atoms with Gasteiger partial charge in [-0.25, -0.2) is 4.98 Å². The van der Waals surface area contributed by atoms with Crippen LogP contribution < -0.4 is 9.47 Å². The fourth-order valence-electron chi connectivity index (χ4n) is 5.76. The molecule has 0 saturated carbocycles. The fourth-order valence-corrected chi connectivity index (χ4v) is 5.76. The van der Waals surface area contributed by atoms with Crippen LogP contribution in [0, 0.1) is 6.92 Å². The van der Waals surface area contributed by atoms with E-state index in [2.05, 4.69) is 84.3 Å². The van der Waals surface area contributed by atoms with Gasteiger partial charge in [-0.1, -0.05) is 48.5 Å². The molecule has 1 saturated heterocycles. The van der Waals surface area contributed by atoms with Crippen LogP contribution in [0.15, 0.2) is 85.2 Å². The highest BCUT2D eigenvalue weighted by molar-refractivity contribution is 5.81. The van der Waals surface area contributed by atoms with Gasteiger partial charge in [0.25, 0.3) is 0 Å². The van der Waals surface area contributed by atoms with Crippen molar-refractivity contribution in [1.82, 2.24) is 14.3 Å². The van der Waals surface area contributed by atoms with E-state index in [-0.39, 0.29) is 6.04 Å². The van der Waals surface area contributed by atoms with Crippen molar-refractivity contribution in [2.45, 2.75) is 25.9 Å². The van der Waals surface area contributed by atoms with E-state index in [4.69, 9.17) is 14.5 Å². The lowest BCUT2D eigenvalue weighted by molar-refractivity contribution is -0.148. The van der Waals surface area contributed by atoms with E-state index < -0.39 is 5.97 Å². The molecule has 0 bridgehead atoms. The molecule has 1 N–H and O–H groups in total. The number of aliphatic carboxylic acids is 1. The first kappa shape index (κ1) is 24.4. The zero-order valence-corrected chi connectivity index (χ0v) is 22.2. The van der Waals surface area contributed by atoms with Gasteiger partial charge in [0.2, 0.25) is 0 Å². The molecule has 3 aromatic carbocycles. The third kappa shape index (κ3) is 4.28. The first-order valence-corrected chi connectivity index (χ1v) is 13.6. The van der Waals surface area contributed by atoms with Gasteiger partial charge in [0.1, 0.15) is 24.9 Å². The molecule has 7 rings (SSSR count). The van der Waals surface area contributed by atoms with Crippen LogP contribution in [0.5, 0.6) is 11.5 Å². The summed E-state index contributed by atoms with van der Waals surface area (Å²) in [5.41, 5.74) is 9.80. The van der Waals surface area contributed by atoms with Crippen LogP contribution in [0.1, 0.15) is 17.5 Å². The second-order valence-electron chi connectivity index (χ2n) is 10.4. The molecular formula is C33H29N3O4. The molecule has 40 heavy (non-hydrogen) atoms. The monoisotopic (exact) mass is 531 g/mol. The summed E-state index contributed by atoms with van der Waals surface area (Å²) in [4.78, 5) is 18.0. The molecule has 1 atom stereocenters. The van der Waals surface area contributed by atoms with E-state index in [0.717, 1.165) is 69.2 Å². The second kappa shape index (κ2) is 9.84. The van der Waals surface area contributed by atoms with Crippen LogP contribution in [0.25, 0.3) is 39.2 Å². The van der Waals surface area contributed by atoms with Gasteiger partial charge < -0.3 is 14.6 Å². The van der Waals surface area contributed by atoms with Crippen molar-refractivity contribution in [3.63, 3.8) is 0 Å². The largest absolute Gasteiger partial charge is 0.486 e. The first-order valence-electron chi connectivity index (χ1n) is 13.6. The summed E-state index contributed by atoms with van der Waals surface area (Å²) >= 11 is 0. The lowest BCUT2D eigenvalue weighted by Gasteiger charge is -2.37. The molecule has 1 fully saturated rings. The predicted octanol–water partition coefficient (Wildman–Crippen LogP) is 6.07. The van der Waals surface area contributed by atoms with Crippen LogP contribution in [-0.2, 0) is 11.3 Å². The smallest absolute Gasteiger partial charge is 0.320 e. The number of rotatable bonds is 6. The number of carboxylic acid groups (broad SMARTS) is 1. The average Bonchev–Trinajstić information content (AvgIpc) is 3.38. The van der Waals surface area contributed by atoms with Gasteiger partial charge in [-0.3, -0.25) is 14.1 Å². The van der Waals surface area contributed by atoms with E-state index in [1.807, 2.05) is 17.2 Å². The Hall–Kier alpha value is -4.62. The first-order chi connectivity index (χ1) is 19.5. The summed E-state index contributed by atoms with van der Waals surface area (Å²) < 4.78 is 13.6. The molecule has 7 heteroatoms. The number of imidazole rings is 1. The number of hydrogen-bond acceptors (Lipinski definition) is 5. The molecule has 0 radical (unpaired) electrons. The number of benzene rings is 3. The Bertz CT molecular complexity index is 1740. The van der Waals surface area contributed by atoms with Crippen molar-refractivity contribution in [3.05, 3.63) is 96.3 Å². The third-order valence-electron chi connectivity index (χ3n) is 8.06. The number of aromatic nitrogens is 2. The number of hydrogen-bond donors (Lipinski definition) is 1. The van der Waals surface area contributed by atoms with Crippen LogP contribution >= 0.6 is 0 Å². The lowest BCUT2D eigenvalue weighted by Crippen LogP contribution is -2.51. The van der Waals surface area contributed by atoms with E-state index in [1.165, 1.54) is 5.56 Å². The van der Waals surface area contributed by atoms with Gasteiger partial charge in [0.15, 0.2) is 11.5 Å². The second-order valence-corrected chi connectivity index (χ2v) is 10.4. The third-order valence-corrected chi connectivity index (χ3v) is 8.06. The maximum Gasteiger partial charge on any atom is 0.320 e. The van der Waals surface area contributed by atoms with Gasteiger partial charge in [0, 0.05) is 24.8 Å². The highest BCUT2D eigenvalue weighted by Crippen LogP contribution is 2.38. The number of ether oxygens (including phenoxy) is 2. The van der Waals surface area contributed by atoms with Crippen molar-refractivity contribution in [1.29, 1.82) is 0 Å². The summed E-state index contributed by atoms with van der Waals surface area (Å²) in [5.74, 6) is 0.845. The Morgan fingerprint density at radius 3 is 2.38 bits per heavy atom. The van der Waals surface area contributed by atoms with E-state index in [1.54, 1.807) is 0 Å². The van der Waals surface area contributed by atoms with Crippen molar-refractivity contribution in [2.75, 3.05) is 19.8 Å². The van der Waals surface area contributed by atoms with Crippen molar-refractivity contribution < 1.29 is 19.4 Å². The molecule has 0 unspecified atom stereocenters. The zero-order chi connectivity index (χ0) is 27.2. The number of carbonyl (C=O) groups is 1. The van der Waals surface area contributed by atoms with Gasteiger partial charge in [-0.2, -0.15) is 0 Å². The maximum absolute atomic E-state index is 11.3. The minimum Gasteiger partial charge on any atom is -0.486 e. The highest BCUT2D eigenvalue weighted by atomic mass is 16.6. The van der Waals surface area contributed by atoms with E-state index in [9.17, 15) is 9.90 Å². The zero-order valence-electron chi connectivity index (χ0n) is 22.2. The topological polar surface area (TPSA) is 76.3 Å². The minimum atomic E-state index is -0.738. The molecule has 0 aliphatic carbocycles. The Balaban J connectivity index is 1.15. The molecule has 5 aromatic rings. The van der Waals surface area contributed by atoms with Crippen LogP contribution in [0.4, 0.5) is 0 Å². The lowest BCUT2D eigenvalue weighted by atomic mass is 9.93. The summed E-state index contributed by atoms with van der Waals surface area (Å²) in [6, 6.07) is 24.7. The van der Waals surface area contributed by atoms with E-state index >= 15 is 0 Å². The maximum atomic E-state index is 11.3. The van der Waals surface area contributed by atoms with Gasteiger partial charge in [-0.15, -0.1) is 0 Å². The Kier molecular flexibility index (Phi) is 6.01. The fraction of sp³-hybridized carbons (Fsp3) is 0.212. The quantitative estimate of drug-likeness (QED) is 0.287. The normalized spacial score (nSPS) is 16.6. The van der Waals surface area contributed by atoms with E-state index in [0.29, 0.717) is 19.8 Å². The number of carboxylic acids is 1. The van der Waals surface area contributed by atoms with Crippen LogP contribution in [0.2, 0.25) is 0 Å². The summed E-state index contributed by atoms with van der Waals surface area (Å²) in [5, 5.41) is 9.30. The summed E-state index contributed by atoms with van der Waals surface area (Å²) in [7, 11) is 0. The summed E-state index contributed by atoms with van der Waals surface area (Å²) in [6.45, 7) is 4.78. The van der Waals surface area contributed by atoms with Crippen LogP contribution in [0.3, 0.4) is 0 Å². The number of likely N-dealkylation sites (tertiary alicyclic amines) is 1. The average molecular weight is 532 g/mol. The molecule has 2 aliphatic rings. The van der Waals surface area contributed by atoms with Crippen molar-refractivity contribution in [2.24, 2.45) is 0 Å². The van der Waals surface area contributed by atoms with Gasteiger partial charge in [0.05, 0.1) is 11.9 Å². The molecular weight excluding hydrogens is 502 g/mol. The molecule has 0 amide bonds. The Labute approximate surface area is 232 Å². The predicted molar refractivity (Wildman–Crippen MR) is 154 cm³/mol. The van der Waals surface area contributed by atoms with Crippen LogP contribution in [-0.4, -0.2) is 51.2 Å². The Morgan fingerprint density at radius 2 is 1.65 bits per heavy atom. The number of fused-ring (bicyclic) bond motifs is 2. The van der Waals surface area contributed by atoms with Crippen molar-refractivity contribution in [3.8, 4) is 45.0 Å².